The molecule has 0 aliphatic carbocycles. The molecule has 0 saturated heterocycles. The Morgan fingerprint density at radius 1 is 0.583 bits per heavy atom. The Balaban J connectivity index is -0.00000161. The average molecular weight is 364 g/mol. The van der Waals surface area contributed by atoms with Gasteiger partial charge in [0.15, 0.2) is 12.4 Å². The summed E-state index contributed by atoms with van der Waals surface area (Å²) in [4.78, 5) is 0. The summed E-state index contributed by atoms with van der Waals surface area (Å²) >= 11 is 0. The van der Waals surface area contributed by atoms with Gasteiger partial charge in [0.05, 0.1) is 0 Å². The monoisotopic (exact) mass is 363 g/mol. The van der Waals surface area contributed by atoms with Crippen molar-refractivity contribution in [2.24, 2.45) is 0 Å². The molecule has 0 fully saturated rings. The van der Waals surface area contributed by atoms with Crippen LogP contribution in [0.25, 0.3) is 0 Å². The predicted molar refractivity (Wildman–Crippen MR) is 98.1 cm³/mol. The number of pyridine rings is 1. The molecule has 0 aromatic carbocycles. The molecule has 1 aromatic rings. The number of aryl methyl sites for hydroxylation is 1. The minimum Gasteiger partial charge on any atom is -1.00 e. The first kappa shape index (κ1) is 26.7. The van der Waals surface area contributed by atoms with Crippen LogP contribution in [-0.4, -0.2) is 0 Å². The first-order valence-corrected chi connectivity index (χ1v) is 9.87. The van der Waals surface area contributed by atoms with Crippen molar-refractivity contribution >= 4 is 0 Å². The van der Waals surface area contributed by atoms with Crippen LogP contribution in [-0.2, 0) is 6.54 Å². The first-order valence-electron chi connectivity index (χ1n) is 9.87. The van der Waals surface area contributed by atoms with Gasteiger partial charge in [-0.05, 0) is 6.42 Å². The van der Waals surface area contributed by atoms with E-state index < -0.39 is 0 Å². The number of rotatable bonds is 15. The molecular weight excluding hydrogens is 325 g/mol. The van der Waals surface area contributed by atoms with Gasteiger partial charge in [-0.25, -0.2) is 4.57 Å². The summed E-state index contributed by atoms with van der Waals surface area (Å²) in [7, 11) is 0. The first-order chi connectivity index (χ1) is 10.9. The number of hydrogen-bond donors (Lipinski definition) is 0. The number of unbranched alkanes of at least 4 members (excludes halogenated alkanes) is 13. The Bertz CT molecular complexity index is 338. The van der Waals surface area contributed by atoms with E-state index in [0.717, 1.165) is 0 Å². The Morgan fingerprint density at radius 2 is 0.958 bits per heavy atom. The maximum Gasteiger partial charge on any atom is 1.00 e. The van der Waals surface area contributed by atoms with Gasteiger partial charge >= 0.3 is 29.6 Å². The Kier molecular flexibility index (Phi) is 23.9. The summed E-state index contributed by atoms with van der Waals surface area (Å²) in [5.74, 6) is 0. The van der Waals surface area contributed by atoms with E-state index in [4.69, 9.17) is 0 Å². The maximum atomic E-state index is 2.29. The molecule has 0 aliphatic rings. The van der Waals surface area contributed by atoms with Crippen LogP contribution in [0, 0.1) is 0 Å². The van der Waals surface area contributed by atoms with Crippen LogP contribution in [0.1, 0.15) is 98.2 Å². The van der Waals surface area contributed by atoms with Crippen molar-refractivity contribution in [3.63, 3.8) is 0 Å². The second kappa shape index (κ2) is 21.5. The fourth-order valence-electron chi connectivity index (χ4n) is 3.07. The molecular formula is C21H39ClNNa. The second-order valence-electron chi connectivity index (χ2n) is 6.71. The van der Waals surface area contributed by atoms with E-state index in [-0.39, 0.29) is 43.4 Å². The van der Waals surface area contributed by atoms with Crippen molar-refractivity contribution in [3.8, 4) is 0 Å². The van der Waals surface area contributed by atoms with Crippen molar-refractivity contribution < 1.29 is 48.0 Å². The fraction of sp³-hybridized carbons (Fsp3) is 0.762. The van der Waals surface area contributed by atoms with Gasteiger partial charge in [-0.1, -0.05) is 90.0 Å². The van der Waals surface area contributed by atoms with Crippen LogP contribution in [0.5, 0.6) is 0 Å². The Hall–Kier alpha value is 0.440. The molecule has 0 spiro atoms. The zero-order valence-electron chi connectivity index (χ0n) is 17.3. The molecule has 3 heteroatoms. The maximum absolute atomic E-state index is 2.29. The third-order valence-corrected chi connectivity index (χ3v) is 4.55. The van der Waals surface area contributed by atoms with Crippen LogP contribution in [0.4, 0.5) is 0 Å². The molecule has 0 saturated carbocycles. The van der Waals surface area contributed by atoms with E-state index in [1.165, 1.54) is 96.4 Å². The number of aromatic nitrogens is 1. The van der Waals surface area contributed by atoms with E-state index in [9.17, 15) is 0 Å². The minimum absolute atomic E-state index is 0. The van der Waals surface area contributed by atoms with E-state index in [2.05, 4.69) is 42.1 Å². The summed E-state index contributed by atoms with van der Waals surface area (Å²) in [6, 6.07) is 6.31. The molecule has 24 heavy (non-hydrogen) atoms. The van der Waals surface area contributed by atoms with Crippen molar-refractivity contribution in [1.29, 1.82) is 0 Å². The quantitative estimate of drug-likeness (QED) is 0.244. The third-order valence-electron chi connectivity index (χ3n) is 4.55. The van der Waals surface area contributed by atoms with Gasteiger partial charge in [0.2, 0.25) is 0 Å². The number of nitrogens with zero attached hydrogens (tertiary/aromatic N) is 1. The van der Waals surface area contributed by atoms with Crippen molar-refractivity contribution in [2.75, 3.05) is 0 Å². The van der Waals surface area contributed by atoms with Gasteiger partial charge in [0.1, 0.15) is 6.54 Å². The SMILES string of the molecule is CCCCCCCCCCCCCCCC[n+]1ccccc1.[Cl-].[H-].[Na+]. The Morgan fingerprint density at radius 3 is 1.38 bits per heavy atom. The van der Waals surface area contributed by atoms with E-state index in [1.807, 2.05) is 0 Å². The molecule has 0 N–H and O–H groups in total. The third kappa shape index (κ3) is 17.3. The van der Waals surface area contributed by atoms with Gasteiger partial charge in [0.25, 0.3) is 0 Å². The molecule has 1 heterocycles. The summed E-state index contributed by atoms with van der Waals surface area (Å²) in [6.07, 6.45) is 24.4. The van der Waals surface area contributed by atoms with Crippen molar-refractivity contribution in [1.82, 2.24) is 0 Å². The standard InChI is InChI=1S/C21H38N.ClH.Na.H/c1-2-3-4-5-6-7-8-9-10-11-12-13-14-16-19-22-20-17-15-18-21-22;;;/h15,17-18,20-21H,2-14,16,19H2,1H3;1H;;/q+1;;+1;-1/p-1. The minimum atomic E-state index is 0. The molecule has 136 valence electrons. The summed E-state index contributed by atoms with van der Waals surface area (Å²) in [5.41, 5.74) is 0. The smallest absolute Gasteiger partial charge is 1.00 e. The molecule has 0 amide bonds. The molecule has 0 unspecified atom stereocenters. The van der Waals surface area contributed by atoms with Crippen LogP contribution >= 0.6 is 0 Å². The molecule has 1 nitrogen and oxygen atoms in total. The topological polar surface area (TPSA) is 3.88 Å². The van der Waals surface area contributed by atoms with E-state index in [0.29, 0.717) is 0 Å². The summed E-state index contributed by atoms with van der Waals surface area (Å²) < 4.78 is 2.29. The molecule has 1 aromatic heterocycles. The van der Waals surface area contributed by atoms with Gasteiger partial charge in [-0.3, -0.25) is 0 Å². The molecule has 1 rings (SSSR count). The molecule has 0 radical (unpaired) electrons. The fourth-order valence-corrected chi connectivity index (χ4v) is 3.07. The van der Waals surface area contributed by atoms with Crippen LogP contribution in [0.2, 0.25) is 0 Å². The summed E-state index contributed by atoms with van der Waals surface area (Å²) in [6.45, 7) is 3.47. The molecule has 0 aliphatic heterocycles. The summed E-state index contributed by atoms with van der Waals surface area (Å²) in [5, 5.41) is 0. The molecule has 0 bridgehead atoms. The normalized spacial score (nSPS) is 10.0. The van der Waals surface area contributed by atoms with Crippen molar-refractivity contribution in [2.45, 2.75) is 103 Å². The number of halogens is 1. The second-order valence-corrected chi connectivity index (χ2v) is 6.71. The van der Waals surface area contributed by atoms with E-state index in [1.54, 1.807) is 0 Å². The van der Waals surface area contributed by atoms with Crippen LogP contribution in [0.15, 0.2) is 30.6 Å². The Labute approximate surface area is 181 Å². The average Bonchev–Trinajstić information content (AvgIpc) is 2.56. The van der Waals surface area contributed by atoms with Gasteiger partial charge in [0, 0.05) is 18.6 Å². The van der Waals surface area contributed by atoms with Gasteiger partial charge in [-0.2, -0.15) is 0 Å². The molecule has 0 atom stereocenters. The zero-order chi connectivity index (χ0) is 15.7. The number of hydrogen-bond acceptors (Lipinski definition) is 0. The van der Waals surface area contributed by atoms with Gasteiger partial charge < -0.3 is 13.8 Å². The van der Waals surface area contributed by atoms with Gasteiger partial charge in [-0.15, -0.1) is 0 Å². The van der Waals surface area contributed by atoms with Crippen LogP contribution in [0.3, 0.4) is 0 Å². The zero-order valence-corrected chi connectivity index (χ0v) is 19.1. The van der Waals surface area contributed by atoms with E-state index >= 15 is 0 Å². The van der Waals surface area contributed by atoms with Crippen LogP contribution < -0.4 is 46.5 Å². The largest absolute Gasteiger partial charge is 1.00 e. The van der Waals surface area contributed by atoms with Crippen molar-refractivity contribution in [3.05, 3.63) is 30.6 Å². The predicted octanol–water partition coefficient (Wildman–Crippen LogP) is 0.576.